The standard InChI is InChI=1S/C16H20BrN3/c17-15-8-3-11(16-14(15)2-1-9-19-16)10-20-13-6-4-12(18)5-7-13/h1-3,8-9,12-13,20H,4-7,10,18H2. The highest BCUT2D eigenvalue weighted by Gasteiger charge is 2.18. The smallest absolute Gasteiger partial charge is 0.0758 e. The molecule has 1 aromatic carbocycles. The van der Waals surface area contributed by atoms with Crippen molar-refractivity contribution < 1.29 is 0 Å². The first kappa shape index (κ1) is 14.0. The Morgan fingerprint density at radius 1 is 1.20 bits per heavy atom. The van der Waals surface area contributed by atoms with Gasteiger partial charge in [-0.25, -0.2) is 0 Å². The van der Waals surface area contributed by atoms with Crippen LogP contribution < -0.4 is 11.1 Å². The van der Waals surface area contributed by atoms with E-state index in [1.54, 1.807) is 0 Å². The summed E-state index contributed by atoms with van der Waals surface area (Å²) in [5, 5.41) is 4.84. The van der Waals surface area contributed by atoms with Crippen LogP contribution in [0.3, 0.4) is 0 Å². The number of halogens is 1. The first-order valence-corrected chi connectivity index (χ1v) is 8.04. The largest absolute Gasteiger partial charge is 0.328 e. The summed E-state index contributed by atoms with van der Waals surface area (Å²) in [4.78, 5) is 4.53. The van der Waals surface area contributed by atoms with E-state index in [-0.39, 0.29) is 0 Å². The minimum atomic E-state index is 0.406. The third kappa shape index (κ3) is 3.03. The van der Waals surface area contributed by atoms with Crippen LogP contribution in [0.25, 0.3) is 10.9 Å². The molecule has 1 aromatic heterocycles. The predicted molar refractivity (Wildman–Crippen MR) is 86.5 cm³/mol. The molecule has 0 atom stereocenters. The monoisotopic (exact) mass is 333 g/mol. The lowest BCUT2D eigenvalue weighted by molar-refractivity contribution is 0.342. The summed E-state index contributed by atoms with van der Waals surface area (Å²) in [6.07, 6.45) is 6.50. The molecule has 0 unspecified atom stereocenters. The Hall–Kier alpha value is -0.970. The van der Waals surface area contributed by atoms with Crippen LogP contribution >= 0.6 is 15.9 Å². The van der Waals surface area contributed by atoms with E-state index in [2.05, 4.69) is 44.4 Å². The fourth-order valence-corrected chi connectivity index (χ4v) is 3.37. The Balaban J connectivity index is 1.73. The molecule has 1 aliphatic rings. The molecule has 3 N–H and O–H groups in total. The summed E-state index contributed by atoms with van der Waals surface area (Å²) in [6.45, 7) is 0.876. The van der Waals surface area contributed by atoms with Gasteiger partial charge in [-0.05, 0) is 43.4 Å². The van der Waals surface area contributed by atoms with Crippen LogP contribution in [-0.4, -0.2) is 17.1 Å². The quantitative estimate of drug-likeness (QED) is 0.905. The van der Waals surface area contributed by atoms with Gasteiger partial charge >= 0.3 is 0 Å². The fraction of sp³-hybridized carbons (Fsp3) is 0.438. The summed E-state index contributed by atoms with van der Waals surface area (Å²) in [7, 11) is 0. The molecular formula is C16H20BrN3. The highest BCUT2D eigenvalue weighted by molar-refractivity contribution is 9.10. The van der Waals surface area contributed by atoms with E-state index in [1.165, 1.54) is 23.8 Å². The normalized spacial score (nSPS) is 23.1. The van der Waals surface area contributed by atoms with Gasteiger partial charge in [0.15, 0.2) is 0 Å². The summed E-state index contributed by atoms with van der Waals surface area (Å²) in [6, 6.07) is 9.35. The molecule has 2 aromatic rings. The van der Waals surface area contributed by atoms with Crippen molar-refractivity contribution >= 4 is 26.8 Å². The molecule has 3 rings (SSSR count). The third-order valence-corrected chi connectivity index (χ3v) is 4.84. The molecular weight excluding hydrogens is 314 g/mol. The Morgan fingerprint density at radius 2 is 2.00 bits per heavy atom. The SMILES string of the molecule is NC1CCC(NCc2ccc(Br)c3cccnc23)CC1. The van der Waals surface area contributed by atoms with Gasteiger partial charge in [-0.3, -0.25) is 4.98 Å². The molecule has 4 heteroatoms. The van der Waals surface area contributed by atoms with E-state index in [1.807, 2.05) is 12.3 Å². The number of benzene rings is 1. The number of hydrogen-bond acceptors (Lipinski definition) is 3. The highest BCUT2D eigenvalue weighted by Crippen LogP contribution is 2.25. The first-order chi connectivity index (χ1) is 9.74. The summed E-state index contributed by atoms with van der Waals surface area (Å²) >= 11 is 3.59. The molecule has 0 amide bonds. The van der Waals surface area contributed by atoms with Crippen molar-refractivity contribution in [3.8, 4) is 0 Å². The number of nitrogens with zero attached hydrogens (tertiary/aromatic N) is 1. The van der Waals surface area contributed by atoms with Crippen LogP contribution in [0, 0.1) is 0 Å². The number of hydrogen-bond donors (Lipinski definition) is 2. The Kier molecular flexibility index (Phi) is 4.34. The molecule has 0 spiro atoms. The van der Waals surface area contributed by atoms with Gasteiger partial charge < -0.3 is 11.1 Å². The van der Waals surface area contributed by atoms with E-state index >= 15 is 0 Å². The van der Waals surface area contributed by atoms with Gasteiger partial charge in [0.2, 0.25) is 0 Å². The van der Waals surface area contributed by atoms with Crippen molar-refractivity contribution in [1.29, 1.82) is 0 Å². The molecule has 1 heterocycles. The summed E-state index contributed by atoms with van der Waals surface area (Å²) in [5.74, 6) is 0. The number of pyridine rings is 1. The molecule has 1 aliphatic carbocycles. The van der Waals surface area contributed by atoms with Crippen LogP contribution in [0.15, 0.2) is 34.9 Å². The van der Waals surface area contributed by atoms with Crippen LogP contribution in [0.1, 0.15) is 31.2 Å². The van der Waals surface area contributed by atoms with Gasteiger partial charge in [-0.2, -0.15) is 0 Å². The van der Waals surface area contributed by atoms with E-state index in [0.717, 1.165) is 29.4 Å². The maximum absolute atomic E-state index is 5.95. The van der Waals surface area contributed by atoms with Crippen molar-refractivity contribution in [1.82, 2.24) is 10.3 Å². The average molecular weight is 334 g/mol. The predicted octanol–water partition coefficient (Wildman–Crippen LogP) is 3.36. The molecule has 1 fully saturated rings. The van der Waals surface area contributed by atoms with Crippen LogP contribution in [0.2, 0.25) is 0 Å². The topological polar surface area (TPSA) is 50.9 Å². The van der Waals surface area contributed by atoms with E-state index in [4.69, 9.17) is 5.73 Å². The number of rotatable bonds is 3. The molecule has 106 valence electrons. The van der Waals surface area contributed by atoms with Crippen LogP contribution in [0.4, 0.5) is 0 Å². The molecule has 0 radical (unpaired) electrons. The molecule has 3 nitrogen and oxygen atoms in total. The minimum Gasteiger partial charge on any atom is -0.328 e. The van der Waals surface area contributed by atoms with Gasteiger partial charge in [0, 0.05) is 34.7 Å². The van der Waals surface area contributed by atoms with Gasteiger partial charge in [0.1, 0.15) is 0 Å². The van der Waals surface area contributed by atoms with Crippen molar-refractivity contribution in [2.45, 2.75) is 44.3 Å². The molecule has 20 heavy (non-hydrogen) atoms. The second kappa shape index (κ2) is 6.20. The Morgan fingerprint density at radius 3 is 2.80 bits per heavy atom. The minimum absolute atomic E-state index is 0.406. The van der Waals surface area contributed by atoms with Crippen molar-refractivity contribution in [2.75, 3.05) is 0 Å². The van der Waals surface area contributed by atoms with Crippen LogP contribution in [-0.2, 0) is 6.54 Å². The average Bonchev–Trinajstić information content (AvgIpc) is 2.49. The third-order valence-electron chi connectivity index (χ3n) is 4.15. The van der Waals surface area contributed by atoms with Gasteiger partial charge in [0.05, 0.1) is 5.52 Å². The maximum Gasteiger partial charge on any atom is 0.0758 e. The van der Waals surface area contributed by atoms with E-state index in [9.17, 15) is 0 Å². The summed E-state index contributed by atoms with van der Waals surface area (Å²) in [5.41, 5.74) is 8.30. The van der Waals surface area contributed by atoms with Gasteiger partial charge in [0.25, 0.3) is 0 Å². The number of nitrogens with two attached hydrogens (primary N) is 1. The van der Waals surface area contributed by atoms with E-state index < -0.39 is 0 Å². The second-order valence-electron chi connectivity index (χ2n) is 5.60. The Labute approximate surface area is 128 Å². The number of fused-ring (bicyclic) bond motifs is 1. The summed E-state index contributed by atoms with van der Waals surface area (Å²) < 4.78 is 1.10. The first-order valence-electron chi connectivity index (χ1n) is 7.25. The molecule has 0 bridgehead atoms. The zero-order valence-corrected chi connectivity index (χ0v) is 13.1. The zero-order valence-electron chi connectivity index (χ0n) is 11.5. The second-order valence-corrected chi connectivity index (χ2v) is 6.45. The highest BCUT2D eigenvalue weighted by atomic mass is 79.9. The number of nitrogens with one attached hydrogen (secondary N) is 1. The van der Waals surface area contributed by atoms with Crippen molar-refractivity contribution in [2.24, 2.45) is 5.73 Å². The van der Waals surface area contributed by atoms with Crippen molar-refractivity contribution in [3.63, 3.8) is 0 Å². The maximum atomic E-state index is 5.95. The molecule has 0 aliphatic heterocycles. The van der Waals surface area contributed by atoms with E-state index in [0.29, 0.717) is 12.1 Å². The lowest BCUT2D eigenvalue weighted by Crippen LogP contribution is -2.37. The zero-order chi connectivity index (χ0) is 13.9. The van der Waals surface area contributed by atoms with Gasteiger partial charge in [-0.1, -0.05) is 28.1 Å². The molecule has 1 saturated carbocycles. The fourth-order valence-electron chi connectivity index (χ4n) is 2.92. The number of aromatic nitrogens is 1. The lowest BCUT2D eigenvalue weighted by Gasteiger charge is -2.27. The van der Waals surface area contributed by atoms with Crippen molar-refractivity contribution in [3.05, 3.63) is 40.5 Å². The molecule has 0 saturated heterocycles. The Bertz CT molecular complexity index is 591. The van der Waals surface area contributed by atoms with Gasteiger partial charge in [-0.15, -0.1) is 0 Å². The lowest BCUT2D eigenvalue weighted by atomic mass is 9.91. The van der Waals surface area contributed by atoms with Crippen LogP contribution in [0.5, 0.6) is 0 Å².